The van der Waals surface area contributed by atoms with Gasteiger partial charge in [-0.15, -0.1) is 0 Å². The second kappa shape index (κ2) is 9.95. The molecule has 1 aromatic rings. The van der Waals surface area contributed by atoms with Crippen molar-refractivity contribution in [2.24, 2.45) is 5.73 Å². The zero-order valence-corrected chi connectivity index (χ0v) is 13.1. The van der Waals surface area contributed by atoms with Crippen LogP contribution in [0.25, 0.3) is 0 Å². The monoisotopic (exact) mass is 307 g/mol. The Labute approximate surface area is 131 Å². The van der Waals surface area contributed by atoms with Crippen LogP contribution in [0.3, 0.4) is 0 Å². The first kappa shape index (κ1) is 18.2. The first-order valence-corrected chi connectivity index (χ1v) is 7.81. The van der Waals surface area contributed by atoms with E-state index in [0.29, 0.717) is 0 Å². The van der Waals surface area contributed by atoms with Gasteiger partial charge in [0.1, 0.15) is 11.8 Å². The van der Waals surface area contributed by atoms with Gasteiger partial charge in [-0.3, -0.25) is 4.79 Å². The molecule has 5 heteroatoms. The van der Waals surface area contributed by atoms with Gasteiger partial charge in [-0.1, -0.05) is 44.7 Å². The van der Waals surface area contributed by atoms with E-state index in [1.165, 1.54) is 12.1 Å². The molecule has 0 unspecified atom stereocenters. The number of aromatic hydroxyl groups is 1. The molecule has 22 heavy (non-hydrogen) atoms. The van der Waals surface area contributed by atoms with E-state index in [9.17, 15) is 14.7 Å². The number of phenolic OH excluding ortho intramolecular Hbond substituents is 1. The molecule has 122 valence electrons. The molecular weight excluding hydrogens is 282 g/mol. The van der Waals surface area contributed by atoms with E-state index in [1.54, 1.807) is 12.1 Å². The fourth-order valence-corrected chi connectivity index (χ4v) is 2.08. The Bertz CT molecular complexity index is 470. The number of phenols is 1. The van der Waals surface area contributed by atoms with Crippen molar-refractivity contribution in [3.8, 4) is 5.75 Å². The predicted molar refractivity (Wildman–Crippen MR) is 84.3 cm³/mol. The summed E-state index contributed by atoms with van der Waals surface area (Å²) in [5.74, 6) is -1.06. The van der Waals surface area contributed by atoms with Crippen LogP contribution in [0.15, 0.2) is 24.3 Å². The highest BCUT2D eigenvalue weighted by Gasteiger charge is 2.19. The minimum absolute atomic E-state index is 0.151. The molecule has 0 aliphatic heterocycles. The van der Waals surface area contributed by atoms with E-state index in [2.05, 4.69) is 6.92 Å². The summed E-state index contributed by atoms with van der Waals surface area (Å²) in [5, 5.41) is 9.19. The Morgan fingerprint density at radius 2 is 1.77 bits per heavy atom. The van der Waals surface area contributed by atoms with Gasteiger partial charge in [0.25, 0.3) is 0 Å². The fraction of sp³-hybridized carbons (Fsp3) is 0.529. The molecule has 1 aromatic carbocycles. The van der Waals surface area contributed by atoms with E-state index >= 15 is 0 Å². The van der Waals surface area contributed by atoms with Crippen molar-refractivity contribution in [1.82, 2.24) is 0 Å². The second-order valence-corrected chi connectivity index (χ2v) is 5.43. The van der Waals surface area contributed by atoms with Crippen LogP contribution >= 0.6 is 0 Å². The Morgan fingerprint density at radius 3 is 2.41 bits per heavy atom. The Balaban J connectivity index is 2.28. The lowest BCUT2D eigenvalue weighted by atomic mass is 10.1. The lowest BCUT2D eigenvalue weighted by Gasteiger charge is -2.10. The topological polar surface area (TPSA) is 89.6 Å². The molecule has 0 saturated heterocycles. The number of carbonyl (C=O) groups is 2. The Kier molecular flexibility index (Phi) is 8.22. The van der Waals surface area contributed by atoms with Crippen LogP contribution in [0, 0.1) is 0 Å². The number of benzene rings is 1. The molecule has 0 aromatic heterocycles. The van der Waals surface area contributed by atoms with Gasteiger partial charge >= 0.3 is 11.9 Å². The standard InChI is InChI=1S/C17H25NO4/c1-2-3-4-5-6-7-16(20)22-17(21)15(18)12-13-8-10-14(19)11-9-13/h8-11,15,19H,2-7,12,18H2,1H3/t15-/m0/s1. The maximum atomic E-state index is 11.7. The molecule has 0 saturated carbocycles. The average molecular weight is 307 g/mol. The van der Waals surface area contributed by atoms with Crippen molar-refractivity contribution in [2.75, 3.05) is 0 Å². The van der Waals surface area contributed by atoms with Crippen molar-refractivity contribution in [1.29, 1.82) is 0 Å². The lowest BCUT2D eigenvalue weighted by Crippen LogP contribution is -2.35. The first-order valence-electron chi connectivity index (χ1n) is 7.81. The third kappa shape index (κ3) is 7.22. The number of nitrogens with two attached hydrogens (primary N) is 1. The summed E-state index contributed by atoms with van der Waals surface area (Å²) in [4.78, 5) is 23.3. The number of unbranched alkanes of at least 4 members (excludes halogenated alkanes) is 4. The van der Waals surface area contributed by atoms with Crippen molar-refractivity contribution in [2.45, 2.75) is 57.9 Å². The first-order chi connectivity index (χ1) is 10.5. The van der Waals surface area contributed by atoms with Gasteiger partial charge in [-0.25, -0.2) is 4.79 Å². The van der Waals surface area contributed by atoms with Gasteiger partial charge in [0.05, 0.1) is 0 Å². The number of hydrogen-bond donors (Lipinski definition) is 2. The fourth-order valence-electron chi connectivity index (χ4n) is 2.08. The number of hydrogen-bond acceptors (Lipinski definition) is 5. The summed E-state index contributed by atoms with van der Waals surface area (Å²) in [5.41, 5.74) is 6.54. The van der Waals surface area contributed by atoms with E-state index < -0.39 is 18.0 Å². The van der Waals surface area contributed by atoms with Crippen LogP contribution in [0.4, 0.5) is 0 Å². The molecule has 0 fully saturated rings. The quantitative estimate of drug-likeness (QED) is 0.416. The number of carbonyl (C=O) groups excluding carboxylic acids is 2. The van der Waals surface area contributed by atoms with Gasteiger partial charge in [-0.2, -0.15) is 0 Å². The van der Waals surface area contributed by atoms with Crippen molar-refractivity contribution < 1.29 is 19.4 Å². The lowest BCUT2D eigenvalue weighted by molar-refractivity contribution is -0.160. The largest absolute Gasteiger partial charge is 0.508 e. The molecule has 0 amide bonds. The van der Waals surface area contributed by atoms with Gasteiger partial charge in [-0.05, 0) is 30.5 Å². The molecule has 0 radical (unpaired) electrons. The minimum Gasteiger partial charge on any atom is -0.508 e. The van der Waals surface area contributed by atoms with Crippen LogP contribution in [0.2, 0.25) is 0 Å². The van der Waals surface area contributed by atoms with Crippen LogP contribution in [-0.4, -0.2) is 23.1 Å². The van der Waals surface area contributed by atoms with Gasteiger partial charge in [0.2, 0.25) is 0 Å². The van der Waals surface area contributed by atoms with Gasteiger partial charge < -0.3 is 15.6 Å². The van der Waals surface area contributed by atoms with Gasteiger partial charge in [0.15, 0.2) is 0 Å². The summed E-state index contributed by atoms with van der Waals surface area (Å²) in [6.45, 7) is 2.13. The van der Waals surface area contributed by atoms with Crippen molar-refractivity contribution in [3.05, 3.63) is 29.8 Å². The highest BCUT2D eigenvalue weighted by molar-refractivity contribution is 5.88. The molecule has 0 heterocycles. The van der Waals surface area contributed by atoms with Gasteiger partial charge in [0, 0.05) is 6.42 Å². The maximum Gasteiger partial charge on any atom is 0.330 e. The summed E-state index contributed by atoms with van der Waals surface area (Å²) in [7, 11) is 0. The molecule has 1 atom stereocenters. The Morgan fingerprint density at radius 1 is 1.14 bits per heavy atom. The molecule has 0 spiro atoms. The predicted octanol–water partition coefficient (Wildman–Crippen LogP) is 2.69. The normalized spacial score (nSPS) is 11.9. The zero-order valence-electron chi connectivity index (χ0n) is 13.1. The summed E-state index contributed by atoms with van der Waals surface area (Å²) < 4.78 is 4.76. The van der Waals surface area contributed by atoms with E-state index in [0.717, 1.165) is 37.7 Å². The van der Waals surface area contributed by atoms with Crippen LogP contribution in [0.1, 0.15) is 51.0 Å². The molecule has 1 rings (SSSR count). The van der Waals surface area contributed by atoms with Crippen LogP contribution < -0.4 is 5.73 Å². The third-order valence-electron chi connectivity index (χ3n) is 3.39. The second-order valence-electron chi connectivity index (χ2n) is 5.43. The van der Waals surface area contributed by atoms with Crippen LogP contribution in [-0.2, 0) is 20.7 Å². The van der Waals surface area contributed by atoms with Crippen molar-refractivity contribution >= 4 is 11.9 Å². The minimum atomic E-state index is -0.881. The van der Waals surface area contributed by atoms with Crippen molar-refractivity contribution in [3.63, 3.8) is 0 Å². The summed E-state index contributed by atoms with van der Waals surface area (Å²) in [6, 6.07) is 5.52. The molecule has 0 aliphatic rings. The average Bonchev–Trinajstić information content (AvgIpc) is 2.49. The van der Waals surface area contributed by atoms with Crippen LogP contribution in [0.5, 0.6) is 5.75 Å². The highest BCUT2D eigenvalue weighted by atomic mass is 16.6. The molecule has 3 N–H and O–H groups in total. The smallest absolute Gasteiger partial charge is 0.330 e. The molecular formula is C17H25NO4. The van der Waals surface area contributed by atoms with E-state index in [-0.39, 0.29) is 18.6 Å². The SMILES string of the molecule is CCCCCCCC(=O)OC(=O)[C@@H](N)Cc1ccc(O)cc1. The number of ether oxygens (including phenoxy) is 1. The third-order valence-corrected chi connectivity index (χ3v) is 3.39. The van der Waals surface area contributed by atoms with E-state index in [1.807, 2.05) is 0 Å². The van der Waals surface area contributed by atoms with E-state index in [4.69, 9.17) is 10.5 Å². The summed E-state index contributed by atoms with van der Waals surface area (Å²) in [6.07, 6.45) is 5.62. The molecule has 0 bridgehead atoms. The number of rotatable bonds is 9. The molecule has 5 nitrogen and oxygen atoms in total. The molecule has 0 aliphatic carbocycles. The zero-order chi connectivity index (χ0) is 16.4. The summed E-state index contributed by atoms with van der Waals surface area (Å²) >= 11 is 0. The maximum absolute atomic E-state index is 11.7. The Hall–Kier alpha value is -1.88. The highest BCUT2D eigenvalue weighted by Crippen LogP contribution is 2.11. The number of esters is 2.